The van der Waals surface area contributed by atoms with Crippen molar-refractivity contribution in [2.24, 2.45) is 11.8 Å². The van der Waals surface area contributed by atoms with E-state index in [9.17, 15) is 4.39 Å². The summed E-state index contributed by atoms with van der Waals surface area (Å²) in [4.78, 5) is 0. The summed E-state index contributed by atoms with van der Waals surface area (Å²) in [5.41, 5.74) is 0. The zero-order chi connectivity index (χ0) is 9.68. The molecular formula is C11H22FN. The van der Waals surface area contributed by atoms with Gasteiger partial charge in [-0.1, -0.05) is 13.8 Å². The average molecular weight is 187 g/mol. The van der Waals surface area contributed by atoms with Gasteiger partial charge in [-0.3, -0.25) is 0 Å². The van der Waals surface area contributed by atoms with Crippen molar-refractivity contribution in [1.82, 2.24) is 5.32 Å². The number of nitrogens with one attached hydrogen (secondary N) is 1. The Kier molecular flexibility index (Phi) is 4.71. The van der Waals surface area contributed by atoms with E-state index < -0.39 is 6.17 Å². The maximum Gasteiger partial charge on any atom is 0.103 e. The SMILES string of the molecule is CC(C)C(F)CC1CCCNCC1. The van der Waals surface area contributed by atoms with Crippen molar-refractivity contribution >= 4 is 0 Å². The number of hydrogen-bond donors (Lipinski definition) is 1. The van der Waals surface area contributed by atoms with Crippen LogP contribution in [0.5, 0.6) is 0 Å². The highest BCUT2D eigenvalue weighted by molar-refractivity contribution is 4.72. The first-order valence-electron chi connectivity index (χ1n) is 5.55. The normalized spacial score (nSPS) is 27.2. The van der Waals surface area contributed by atoms with Crippen LogP contribution in [0.25, 0.3) is 0 Å². The van der Waals surface area contributed by atoms with Crippen LogP contribution in [0.3, 0.4) is 0 Å². The van der Waals surface area contributed by atoms with E-state index in [2.05, 4.69) is 5.32 Å². The number of hydrogen-bond acceptors (Lipinski definition) is 1. The molecule has 0 aromatic carbocycles. The second-order valence-corrected chi connectivity index (χ2v) is 4.54. The molecule has 0 saturated carbocycles. The number of rotatable bonds is 3. The molecule has 0 spiro atoms. The van der Waals surface area contributed by atoms with E-state index in [1.807, 2.05) is 13.8 Å². The quantitative estimate of drug-likeness (QED) is 0.716. The summed E-state index contributed by atoms with van der Waals surface area (Å²) in [6.45, 7) is 6.14. The largest absolute Gasteiger partial charge is 0.317 e. The van der Waals surface area contributed by atoms with Crippen LogP contribution in [0.1, 0.15) is 39.5 Å². The molecule has 0 aliphatic carbocycles. The number of halogens is 1. The van der Waals surface area contributed by atoms with Gasteiger partial charge in [0.1, 0.15) is 6.17 Å². The lowest BCUT2D eigenvalue weighted by atomic mass is 9.91. The van der Waals surface area contributed by atoms with Crippen molar-refractivity contribution in [3.05, 3.63) is 0 Å². The van der Waals surface area contributed by atoms with E-state index in [-0.39, 0.29) is 5.92 Å². The lowest BCUT2D eigenvalue weighted by Crippen LogP contribution is -2.17. The van der Waals surface area contributed by atoms with Gasteiger partial charge in [0, 0.05) is 0 Å². The van der Waals surface area contributed by atoms with E-state index in [0.29, 0.717) is 5.92 Å². The Labute approximate surface area is 81.1 Å². The van der Waals surface area contributed by atoms with Gasteiger partial charge in [0.25, 0.3) is 0 Å². The summed E-state index contributed by atoms with van der Waals surface area (Å²) in [7, 11) is 0. The highest BCUT2D eigenvalue weighted by Crippen LogP contribution is 2.23. The minimum absolute atomic E-state index is 0.191. The van der Waals surface area contributed by atoms with Crippen LogP contribution in [0.4, 0.5) is 4.39 Å². The van der Waals surface area contributed by atoms with Crippen molar-refractivity contribution in [2.45, 2.75) is 45.7 Å². The zero-order valence-electron chi connectivity index (χ0n) is 8.85. The van der Waals surface area contributed by atoms with Crippen molar-refractivity contribution in [3.63, 3.8) is 0 Å². The lowest BCUT2D eigenvalue weighted by Gasteiger charge is -2.18. The molecule has 1 aliphatic rings. The van der Waals surface area contributed by atoms with Crippen LogP contribution >= 0.6 is 0 Å². The predicted molar refractivity (Wildman–Crippen MR) is 54.6 cm³/mol. The molecule has 1 N–H and O–H groups in total. The van der Waals surface area contributed by atoms with Crippen molar-refractivity contribution in [1.29, 1.82) is 0 Å². The third-order valence-corrected chi connectivity index (χ3v) is 2.98. The van der Waals surface area contributed by atoms with Gasteiger partial charge in [-0.2, -0.15) is 0 Å². The van der Waals surface area contributed by atoms with E-state index in [1.165, 1.54) is 12.8 Å². The predicted octanol–water partition coefficient (Wildman–Crippen LogP) is 2.76. The lowest BCUT2D eigenvalue weighted by molar-refractivity contribution is 0.200. The van der Waals surface area contributed by atoms with Crippen molar-refractivity contribution in [2.75, 3.05) is 13.1 Å². The summed E-state index contributed by atoms with van der Waals surface area (Å²) in [5.74, 6) is 0.809. The average Bonchev–Trinajstić information content (AvgIpc) is 2.32. The van der Waals surface area contributed by atoms with Crippen LogP contribution in [0, 0.1) is 11.8 Å². The van der Waals surface area contributed by atoms with Gasteiger partial charge in [0.05, 0.1) is 0 Å². The highest BCUT2D eigenvalue weighted by atomic mass is 19.1. The first-order valence-corrected chi connectivity index (χ1v) is 5.55. The molecule has 0 amide bonds. The Balaban J connectivity index is 2.25. The zero-order valence-corrected chi connectivity index (χ0v) is 8.85. The molecule has 1 saturated heterocycles. The number of alkyl halides is 1. The first-order chi connectivity index (χ1) is 6.20. The van der Waals surface area contributed by atoms with Gasteiger partial charge >= 0.3 is 0 Å². The minimum Gasteiger partial charge on any atom is -0.317 e. The Bertz CT molecular complexity index is 128. The van der Waals surface area contributed by atoms with Gasteiger partial charge in [-0.15, -0.1) is 0 Å². The van der Waals surface area contributed by atoms with Crippen LogP contribution in [-0.2, 0) is 0 Å². The minimum atomic E-state index is -0.594. The van der Waals surface area contributed by atoms with E-state index in [0.717, 1.165) is 25.9 Å². The molecule has 2 heteroatoms. The van der Waals surface area contributed by atoms with Crippen molar-refractivity contribution < 1.29 is 4.39 Å². The van der Waals surface area contributed by atoms with Crippen LogP contribution in [0.2, 0.25) is 0 Å². The summed E-state index contributed by atoms with van der Waals surface area (Å²) in [6.07, 6.45) is 3.77. The van der Waals surface area contributed by atoms with Gasteiger partial charge in [-0.25, -0.2) is 4.39 Å². The van der Waals surface area contributed by atoms with Gasteiger partial charge < -0.3 is 5.32 Å². The topological polar surface area (TPSA) is 12.0 Å². The van der Waals surface area contributed by atoms with Gasteiger partial charge in [-0.05, 0) is 50.6 Å². The fraction of sp³-hybridized carbons (Fsp3) is 1.00. The maximum absolute atomic E-state index is 13.4. The van der Waals surface area contributed by atoms with Crippen molar-refractivity contribution in [3.8, 4) is 0 Å². The molecule has 2 unspecified atom stereocenters. The molecule has 1 heterocycles. The smallest absolute Gasteiger partial charge is 0.103 e. The molecule has 13 heavy (non-hydrogen) atoms. The molecule has 1 aliphatic heterocycles. The summed E-state index contributed by atoms with van der Waals surface area (Å²) in [5, 5.41) is 3.36. The fourth-order valence-corrected chi connectivity index (χ4v) is 1.92. The standard InChI is InChI=1S/C11H22FN/c1-9(2)11(12)8-10-4-3-6-13-7-5-10/h9-11,13H,3-8H2,1-2H3. The molecule has 0 aromatic heterocycles. The molecule has 1 fully saturated rings. The van der Waals surface area contributed by atoms with Crippen LogP contribution in [-0.4, -0.2) is 19.3 Å². The van der Waals surface area contributed by atoms with E-state index >= 15 is 0 Å². The second kappa shape index (κ2) is 5.58. The summed E-state index contributed by atoms with van der Waals surface area (Å²) < 4.78 is 13.4. The Hall–Kier alpha value is -0.110. The molecule has 2 atom stereocenters. The van der Waals surface area contributed by atoms with Gasteiger partial charge in [0.15, 0.2) is 0 Å². The molecule has 78 valence electrons. The summed E-state index contributed by atoms with van der Waals surface area (Å²) in [6, 6.07) is 0. The Morgan fingerprint density at radius 1 is 1.31 bits per heavy atom. The van der Waals surface area contributed by atoms with Crippen LogP contribution < -0.4 is 5.32 Å². The van der Waals surface area contributed by atoms with E-state index in [1.54, 1.807) is 0 Å². The summed E-state index contributed by atoms with van der Waals surface area (Å²) >= 11 is 0. The van der Waals surface area contributed by atoms with E-state index in [4.69, 9.17) is 0 Å². The Morgan fingerprint density at radius 2 is 2.08 bits per heavy atom. The maximum atomic E-state index is 13.4. The van der Waals surface area contributed by atoms with Gasteiger partial charge in [0.2, 0.25) is 0 Å². The fourth-order valence-electron chi connectivity index (χ4n) is 1.92. The molecular weight excluding hydrogens is 165 g/mol. The molecule has 0 bridgehead atoms. The molecule has 1 nitrogen and oxygen atoms in total. The monoisotopic (exact) mass is 187 g/mol. The molecule has 1 rings (SSSR count). The third kappa shape index (κ3) is 4.08. The highest BCUT2D eigenvalue weighted by Gasteiger charge is 2.19. The second-order valence-electron chi connectivity index (χ2n) is 4.54. The molecule has 0 radical (unpaired) electrons. The Morgan fingerprint density at radius 3 is 2.77 bits per heavy atom. The third-order valence-electron chi connectivity index (χ3n) is 2.98. The molecule has 0 aromatic rings. The first kappa shape index (κ1) is 11.0. The van der Waals surface area contributed by atoms with Crippen LogP contribution in [0.15, 0.2) is 0 Å².